The van der Waals surface area contributed by atoms with E-state index in [9.17, 15) is 15.0 Å². The molecule has 2 rings (SSSR count). The number of nitrogens with one attached hydrogen (secondary N) is 1. The molecule has 0 bridgehead atoms. The van der Waals surface area contributed by atoms with E-state index < -0.39 is 11.5 Å². The molecule has 1 fully saturated rings. The lowest BCUT2D eigenvalue weighted by Crippen LogP contribution is -2.43. The molecule has 6 nitrogen and oxygen atoms in total. The number of pyridine rings is 1. The van der Waals surface area contributed by atoms with Gasteiger partial charge in [-0.05, 0) is 12.1 Å². The van der Waals surface area contributed by atoms with Crippen molar-refractivity contribution in [1.29, 1.82) is 0 Å². The van der Waals surface area contributed by atoms with Gasteiger partial charge in [0.15, 0.2) is 5.69 Å². The molecule has 0 radical (unpaired) electrons. The fourth-order valence-electron chi connectivity index (χ4n) is 1.64. The standard InChI is InChI=1S/C11H14N2O4/c14-8-2-1-4-12-9(8)10(15)13-6-11(16)3-5-17-7-11/h1-2,4,14,16H,3,5-7H2,(H,13,15). The van der Waals surface area contributed by atoms with Gasteiger partial charge in [-0.2, -0.15) is 0 Å². The molecular weight excluding hydrogens is 224 g/mol. The lowest BCUT2D eigenvalue weighted by atomic mass is 10.0. The van der Waals surface area contributed by atoms with Crippen LogP contribution in [0.25, 0.3) is 0 Å². The zero-order valence-corrected chi connectivity index (χ0v) is 9.22. The van der Waals surface area contributed by atoms with Crippen LogP contribution in [0.1, 0.15) is 16.9 Å². The van der Waals surface area contributed by atoms with E-state index in [4.69, 9.17) is 4.74 Å². The number of carbonyl (C=O) groups excluding carboxylic acids is 1. The number of carbonyl (C=O) groups is 1. The summed E-state index contributed by atoms with van der Waals surface area (Å²) in [6.07, 6.45) is 1.91. The predicted molar refractivity (Wildman–Crippen MR) is 58.6 cm³/mol. The van der Waals surface area contributed by atoms with Gasteiger partial charge in [0.1, 0.15) is 11.4 Å². The lowest BCUT2D eigenvalue weighted by Gasteiger charge is -2.20. The van der Waals surface area contributed by atoms with Gasteiger partial charge in [0.25, 0.3) is 5.91 Å². The Morgan fingerprint density at radius 3 is 3.12 bits per heavy atom. The second-order valence-corrected chi connectivity index (χ2v) is 4.08. The molecule has 1 unspecified atom stereocenters. The molecule has 17 heavy (non-hydrogen) atoms. The normalized spacial score (nSPS) is 23.6. The van der Waals surface area contributed by atoms with Gasteiger partial charge in [-0.3, -0.25) is 4.79 Å². The molecular formula is C11H14N2O4. The SMILES string of the molecule is O=C(NCC1(O)CCOC1)c1ncccc1O. The molecule has 1 atom stereocenters. The van der Waals surface area contributed by atoms with E-state index in [0.29, 0.717) is 13.0 Å². The Morgan fingerprint density at radius 1 is 1.65 bits per heavy atom. The van der Waals surface area contributed by atoms with Gasteiger partial charge in [0.2, 0.25) is 0 Å². The fourth-order valence-corrected chi connectivity index (χ4v) is 1.64. The molecule has 0 aliphatic carbocycles. The largest absolute Gasteiger partial charge is 0.505 e. The van der Waals surface area contributed by atoms with Crippen molar-refractivity contribution < 1.29 is 19.7 Å². The Hall–Kier alpha value is -1.66. The highest BCUT2D eigenvalue weighted by atomic mass is 16.5. The Morgan fingerprint density at radius 2 is 2.47 bits per heavy atom. The minimum Gasteiger partial charge on any atom is -0.505 e. The summed E-state index contributed by atoms with van der Waals surface area (Å²) in [5.41, 5.74) is -1.06. The quantitative estimate of drug-likeness (QED) is 0.670. The molecule has 0 aromatic carbocycles. The number of aromatic hydroxyl groups is 1. The number of hydrogen-bond acceptors (Lipinski definition) is 5. The number of hydrogen-bond donors (Lipinski definition) is 3. The molecule has 0 saturated carbocycles. The van der Waals surface area contributed by atoms with E-state index >= 15 is 0 Å². The van der Waals surface area contributed by atoms with Gasteiger partial charge in [-0.25, -0.2) is 4.98 Å². The average Bonchev–Trinajstić information content (AvgIpc) is 2.74. The van der Waals surface area contributed by atoms with Crippen LogP contribution in [0.2, 0.25) is 0 Å². The molecule has 1 amide bonds. The van der Waals surface area contributed by atoms with Crippen molar-refractivity contribution in [3.05, 3.63) is 24.0 Å². The maximum Gasteiger partial charge on any atom is 0.273 e. The summed E-state index contributed by atoms with van der Waals surface area (Å²) in [5.74, 6) is -0.692. The first-order chi connectivity index (χ1) is 8.11. The predicted octanol–water partition coefficient (Wildman–Crippen LogP) is -0.332. The molecule has 1 aromatic heterocycles. The van der Waals surface area contributed by atoms with Crippen molar-refractivity contribution >= 4 is 5.91 Å². The van der Waals surface area contributed by atoms with Gasteiger partial charge in [0.05, 0.1) is 6.61 Å². The summed E-state index contributed by atoms with van der Waals surface area (Å²) >= 11 is 0. The van der Waals surface area contributed by atoms with Crippen LogP contribution in [0.15, 0.2) is 18.3 Å². The molecule has 1 saturated heterocycles. The van der Waals surface area contributed by atoms with Gasteiger partial charge in [-0.15, -0.1) is 0 Å². The van der Waals surface area contributed by atoms with Crippen molar-refractivity contribution in [2.45, 2.75) is 12.0 Å². The van der Waals surface area contributed by atoms with E-state index in [2.05, 4.69) is 10.3 Å². The van der Waals surface area contributed by atoms with Gasteiger partial charge in [0, 0.05) is 25.8 Å². The number of amides is 1. The number of aliphatic hydroxyl groups is 1. The molecule has 1 aliphatic heterocycles. The Labute approximate surface area is 98.2 Å². The average molecular weight is 238 g/mol. The smallest absolute Gasteiger partial charge is 0.273 e. The minimum absolute atomic E-state index is 0.0463. The molecule has 1 aromatic rings. The number of rotatable bonds is 3. The van der Waals surface area contributed by atoms with Crippen molar-refractivity contribution in [3.8, 4) is 5.75 Å². The highest BCUT2D eigenvalue weighted by molar-refractivity contribution is 5.94. The van der Waals surface area contributed by atoms with E-state index in [1.165, 1.54) is 18.3 Å². The molecule has 6 heteroatoms. The molecule has 92 valence electrons. The summed E-state index contributed by atoms with van der Waals surface area (Å²) < 4.78 is 5.06. The lowest BCUT2D eigenvalue weighted by molar-refractivity contribution is 0.0263. The monoisotopic (exact) mass is 238 g/mol. The van der Waals surface area contributed by atoms with E-state index in [-0.39, 0.29) is 24.6 Å². The van der Waals surface area contributed by atoms with Crippen LogP contribution < -0.4 is 5.32 Å². The summed E-state index contributed by atoms with van der Waals surface area (Å²) in [6.45, 7) is 0.782. The summed E-state index contributed by atoms with van der Waals surface area (Å²) in [6, 6.07) is 2.92. The van der Waals surface area contributed by atoms with Crippen molar-refractivity contribution in [2.24, 2.45) is 0 Å². The maximum absolute atomic E-state index is 11.7. The third-order valence-corrected chi connectivity index (χ3v) is 2.66. The van der Waals surface area contributed by atoms with E-state index in [1.807, 2.05) is 0 Å². The van der Waals surface area contributed by atoms with Gasteiger partial charge >= 0.3 is 0 Å². The van der Waals surface area contributed by atoms with Crippen LogP contribution in [0, 0.1) is 0 Å². The molecule has 0 spiro atoms. The van der Waals surface area contributed by atoms with Crippen LogP contribution >= 0.6 is 0 Å². The highest BCUT2D eigenvalue weighted by Gasteiger charge is 2.32. The van der Waals surface area contributed by atoms with E-state index in [0.717, 1.165) is 0 Å². The van der Waals surface area contributed by atoms with Gasteiger partial charge < -0.3 is 20.3 Å². The molecule has 2 heterocycles. The first kappa shape index (κ1) is 11.8. The highest BCUT2D eigenvalue weighted by Crippen LogP contribution is 2.18. The molecule has 3 N–H and O–H groups in total. The zero-order chi connectivity index (χ0) is 12.3. The first-order valence-electron chi connectivity index (χ1n) is 5.33. The topological polar surface area (TPSA) is 91.7 Å². The Kier molecular flexibility index (Phi) is 3.26. The number of aromatic nitrogens is 1. The number of nitrogens with zero attached hydrogens (tertiary/aromatic N) is 1. The third-order valence-electron chi connectivity index (χ3n) is 2.66. The second-order valence-electron chi connectivity index (χ2n) is 4.08. The van der Waals surface area contributed by atoms with Crippen LogP contribution in [-0.4, -0.2) is 46.5 Å². The van der Waals surface area contributed by atoms with Crippen molar-refractivity contribution in [3.63, 3.8) is 0 Å². The van der Waals surface area contributed by atoms with Crippen LogP contribution in [0.4, 0.5) is 0 Å². The summed E-state index contributed by atoms with van der Waals surface area (Å²) in [5, 5.41) is 21.9. The Bertz CT molecular complexity index is 416. The molecule has 1 aliphatic rings. The second kappa shape index (κ2) is 4.68. The van der Waals surface area contributed by atoms with Crippen LogP contribution in [0.5, 0.6) is 5.75 Å². The van der Waals surface area contributed by atoms with Crippen molar-refractivity contribution in [2.75, 3.05) is 19.8 Å². The third kappa shape index (κ3) is 2.72. The Balaban J connectivity index is 1.96. The summed E-state index contributed by atoms with van der Waals surface area (Å²) in [7, 11) is 0. The van der Waals surface area contributed by atoms with Crippen LogP contribution in [0.3, 0.4) is 0 Å². The minimum atomic E-state index is -1.01. The number of ether oxygens (including phenoxy) is 1. The van der Waals surface area contributed by atoms with Gasteiger partial charge in [-0.1, -0.05) is 0 Å². The van der Waals surface area contributed by atoms with E-state index in [1.54, 1.807) is 0 Å². The van der Waals surface area contributed by atoms with Crippen molar-refractivity contribution in [1.82, 2.24) is 10.3 Å². The maximum atomic E-state index is 11.7. The first-order valence-corrected chi connectivity index (χ1v) is 5.33. The zero-order valence-electron chi connectivity index (χ0n) is 9.22. The fraction of sp³-hybridized carbons (Fsp3) is 0.455. The van der Waals surface area contributed by atoms with Crippen LogP contribution in [-0.2, 0) is 4.74 Å². The summed E-state index contributed by atoms with van der Waals surface area (Å²) in [4.78, 5) is 15.5.